The van der Waals surface area contributed by atoms with Gasteiger partial charge in [-0.1, -0.05) is 0 Å². The zero-order valence-corrected chi connectivity index (χ0v) is 11.0. The van der Waals surface area contributed by atoms with Crippen molar-refractivity contribution in [1.82, 2.24) is 4.72 Å². The number of nitrogen functional groups attached to an aromatic ring is 1. The Labute approximate surface area is 111 Å². The highest BCUT2D eigenvalue weighted by atomic mass is 32.2. The van der Waals surface area contributed by atoms with E-state index >= 15 is 0 Å². The average Bonchev–Trinajstić information content (AvgIpc) is 2.93. The fourth-order valence-electron chi connectivity index (χ4n) is 2.75. The Morgan fingerprint density at radius 3 is 2.79 bits per heavy atom. The van der Waals surface area contributed by atoms with Crippen LogP contribution in [0.2, 0.25) is 0 Å². The van der Waals surface area contributed by atoms with Crippen LogP contribution in [0.25, 0.3) is 0 Å². The lowest BCUT2D eigenvalue weighted by atomic mass is 9.96. The summed E-state index contributed by atoms with van der Waals surface area (Å²) in [7, 11) is -3.90. The first-order valence-electron chi connectivity index (χ1n) is 6.18. The van der Waals surface area contributed by atoms with Gasteiger partial charge in [0.25, 0.3) is 0 Å². The molecule has 1 aromatic carbocycles. The van der Waals surface area contributed by atoms with Gasteiger partial charge < -0.3 is 10.5 Å². The van der Waals surface area contributed by atoms with Crippen molar-refractivity contribution in [2.45, 2.75) is 42.4 Å². The highest BCUT2D eigenvalue weighted by molar-refractivity contribution is 7.89. The molecule has 2 saturated heterocycles. The topological polar surface area (TPSA) is 81.4 Å². The Hall–Kier alpha value is -1.18. The number of nitrogens with one attached hydrogen (secondary N) is 1. The summed E-state index contributed by atoms with van der Waals surface area (Å²) in [4.78, 5) is -0.407. The molecule has 2 bridgehead atoms. The summed E-state index contributed by atoms with van der Waals surface area (Å²) in [5.74, 6) is -0.800. The van der Waals surface area contributed by atoms with E-state index in [0.29, 0.717) is 6.42 Å². The van der Waals surface area contributed by atoms with Crippen LogP contribution in [0.15, 0.2) is 23.1 Å². The molecule has 2 fully saturated rings. The second-order valence-corrected chi connectivity index (χ2v) is 6.71. The van der Waals surface area contributed by atoms with Crippen LogP contribution in [0.3, 0.4) is 0 Å². The van der Waals surface area contributed by atoms with Crippen molar-refractivity contribution >= 4 is 15.7 Å². The van der Waals surface area contributed by atoms with Gasteiger partial charge >= 0.3 is 0 Å². The summed E-state index contributed by atoms with van der Waals surface area (Å²) < 4.78 is 46.1. The molecule has 2 aliphatic heterocycles. The van der Waals surface area contributed by atoms with Gasteiger partial charge in [-0.05, 0) is 37.5 Å². The van der Waals surface area contributed by atoms with E-state index in [1.807, 2.05) is 0 Å². The van der Waals surface area contributed by atoms with Gasteiger partial charge in [-0.3, -0.25) is 0 Å². The summed E-state index contributed by atoms with van der Waals surface area (Å²) in [6.07, 6.45) is 2.49. The van der Waals surface area contributed by atoms with Gasteiger partial charge in [0.05, 0.1) is 18.2 Å². The first-order chi connectivity index (χ1) is 8.95. The third kappa shape index (κ3) is 2.33. The Balaban J connectivity index is 1.85. The number of nitrogens with two attached hydrogens (primary N) is 1. The number of halogens is 1. The maximum absolute atomic E-state index is 13.6. The molecule has 3 rings (SSSR count). The molecule has 0 radical (unpaired) electrons. The predicted molar refractivity (Wildman–Crippen MR) is 67.4 cm³/mol. The van der Waals surface area contributed by atoms with E-state index in [-0.39, 0.29) is 23.9 Å². The standard InChI is InChI=1S/C12H15FN2O3S/c13-9-3-1-7(14)5-12(9)19(16,17)15-10-6-8-2-4-11(10)18-8/h1,3,5,8,10-11,15H,2,4,6,14H2. The number of hydrogen-bond acceptors (Lipinski definition) is 4. The van der Waals surface area contributed by atoms with E-state index in [9.17, 15) is 12.8 Å². The number of rotatable bonds is 3. The molecule has 2 heterocycles. The molecule has 3 unspecified atom stereocenters. The number of anilines is 1. The van der Waals surface area contributed by atoms with Crippen molar-refractivity contribution in [3.63, 3.8) is 0 Å². The molecular formula is C12H15FN2O3S. The number of fused-ring (bicyclic) bond motifs is 2. The maximum atomic E-state index is 13.6. The molecule has 2 aliphatic rings. The van der Waals surface area contributed by atoms with Crippen LogP contribution >= 0.6 is 0 Å². The van der Waals surface area contributed by atoms with E-state index in [0.717, 1.165) is 25.0 Å². The summed E-state index contributed by atoms with van der Waals surface area (Å²) in [5.41, 5.74) is 5.72. The van der Waals surface area contributed by atoms with Gasteiger partial charge in [0.1, 0.15) is 10.7 Å². The number of hydrogen-bond donors (Lipinski definition) is 2. The first kappa shape index (κ1) is 12.8. The van der Waals surface area contributed by atoms with Crippen molar-refractivity contribution in [2.24, 2.45) is 0 Å². The summed E-state index contributed by atoms with van der Waals surface area (Å²) in [5, 5.41) is 0. The molecule has 0 spiro atoms. The molecule has 19 heavy (non-hydrogen) atoms. The van der Waals surface area contributed by atoms with Crippen molar-refractivity contribution in [2.75, 3.05) is 5.73 Å². The van der Waals surface area contributed by atoms with E-state index in [2.05, 4.69) is 4.72 Å². The molecular weight excluding hydrogens is 271 g/mol. The fraction of sp³-hybridized carbons (Fsp3) is 0.500. The third-order valence-corrected chi connectivity index (χ3v) is 5.16. The zero-order chi connectivity index (χ0) is 13.6. The van der Waals surface area contributed by atoms with Crippen molar-refractivity contribution in [1.29, 1.82) is 0 Å². The quantitative estimate of drug-likeness (QED) is 0.812. The van der Waals surface area contributed by atoms with Gasteiger partial charge in [0.15, 0.2) is 0 Å². The van der Waals surface area contributed by atoms with Crippen LogP contribution in [0.4, 0.5) is 10.1 Å². The van der Waals surface area contributed by atoms with Crippen molar-refractivity contribution in [3.8, 4) is 0 Å². The normalized spacial score (nSPS) is 29.8. The lowest BCUT2D eigenvalue weighted by Crippen LogP contribution is -2.41. The molecule has 7 heteroatoms. The zero-order valence-electron chi connectivity index (χ0n) is 10.2. The lowest BCUT2D eigenvalue weighted by Gasteiger charge is -2.20. The van der Waals surface area contributed by atoms with Crippen LogP contribution in [-0.2, 0) is 14.8 Å². The van der Waals surface area contributed by atoms with E-state index in [4.69, 9.17) is 10.5 Å². The first-order valence-corrected chi connectivity index (χ1v) is 7.67. The van der Waals surface area contributed by atoms with Gasteiger partial charge in [0, 0.05) is 5.69 Å². The minimum Gasteiger partial charge on any atom is -0.399 e. The number of sulfonamides is 1. The summed E-state index contributed by atoms with van der Waals surface area (Å²) >= 11 is 0. The second-order valence-electron chi connectivity index (χ2n) is 5.03. The molecule has 104 valence electrons. The molecule has 1 aromatic rings. The fourth-order valence-corrected chi connectivity index (χ4v) is 4.14. The SMILES string of the molecule is Nc1ccc(F)c(S(=O)(=O)NC2CC3CCC2O3)c1. The number of benzene rings is 1. The second kappa shape index (κ2) is 4.43. The smallest absolute Gasteiger partial charge is 0.243 e. The number of ether oxygens (including phenoxy) is 1. The Kier molecular flexibility index (Phi) is 2.99. The Bertz CT molecular complexity index is 605. The van der Waals surface area contributed by atoms with E-state index in [1.165, 1.54) is 6.07 Å². The third-order valence-electron chi connectivity index (χ3n) is 3.66. The molecule has 3 N–H and O–H groups in total. The van der Waals surface area contributed by atoms with Crippen LogP contribution in [-0.4, -0.2) is 26.7 Å². The van der Waals surface area contributed by atoms with Gasteiger partial charge in [0.2, 0.25) is 10.0 Å². The largest absolute Gasteiger partial charge is 0.399 e. The molecule has 0 saturated carbocycles. The van der Waals surface area contributed by atoms with Crippen molar-refractivity contribution in [3.05, 3.63) is 24.0 Å². The lowest BCUT2D eigenvalue weighted by molar-refractivity contribution is 0.0996. The minimum atomic E-state index is -3.90. The van der Waals surface area contributed by atoms with Crippen LogP contribution in [0, 0.1) is 5.82 Å². The molecule has 0 amide bonds. The van der Waals surface area contributed by atoms with Crippen molar-refractivity contribution < 1.29 is 17.5 Å². The maximum Gasteiger partial charge on any atom is 0.243 e. The monoisotopic (exact) mass is 286 g/mol. The van der Waals surface area contributed by atoms with Gasteiger partial charge in [-0.25, -0.2) is 17.5 Å². The van der Waals surface area contributed by atoms with Crippen LogP contribution in [0.1, 0.15) is 19.3 Å². The molecule has 0 aromatic heterocycles. The van der Waals surface area contributed by atoms with Gasteiger partial charge in [-0.15, -0.1) is 0 Å². The Morgan fingerprint density at radius 2 is 2.16 bits per heavy atom. The average molecular weight is 286 g/mol. The van der Waals surface area contributed by atoms with Gasteiger partial charge in [-0.2, -0.15) is 0 Å². The summed E-state index contributed by atoms with van der Waals surface area (Å²) in [6, 6.07) is 3.24. The van der Waals surface area contributed by atoms with Crippen LogP contribution in [0.5, 0.6) is 0 Å². The highest BCUT2D eigenvalue weighted by Gasteiger charge is 2.42. The summed E-state index contributed by atoms with van der Waals surface area (Å²) in [6.45, 7) is 0. The Morgan fingerprint density at radius 1 is 1.37 bits per heavy atom. The molecule has 3 atom stereocenters. The van der Waals surface area contributed by atoms with Crippen LogP contribution < -0.4 is 10.5 Å². The predicted octanol–water partition coefficient (Wildman–Crippen LogP) is 1.01. The van der Waals surface area contributed by atoms with E-state index < -0.39 is 20.7 Å². The molecule has 5 nitrogen and oxygen atoms in total. The molecule has 0 aliphatic carbocycles. The van der Waals surface area contributed by atoms with E-state index in [1.54, 1.807) is 0 Å². The highest BCUT2D eigenvalue weighted by Crippen LogP contribution is 2.35. The minimum absolute atomic E-state index is 0.0936.